The number of carbonyl (C=O) groups is 4. The predicted octanol–water partition coefficient (Wildman–Crippen LogP) is 5.16. The van der Waals surface area contributed by atoms with E-state index in [1.54, 1.807) is 29.7 Å². The maximum atomic E-state index is 9.55. The van der Waals surface area contributed by atoms with E-state index in [0.717, 1.165) is 50.8 Å². The van der Waals surface area contributed by atoms with Crippen LogP contribution < -0.4 is 0 Å². The van der Waals surface area contributed by atoms with E-state index in [0.29, 0.717) is 24.3 Å². The molecule has 2 heterocycles. The zero-order valence-corrected chi connectivity index (χ0v) is 24.1. The number of imidazole rings is 2. The molecule has 0 radical (unpaired) electrons. The van der Waals surface area contributed by atoms with Gasteiger partial charge in [-0.3, -0.25) is 0 Å². The smallest absolute Gasteiger partial charge is 0.328 e. The molecule has 4 aromatic rings. The highest BCUT2D eigenvalue weighted by molar-refractivity contribution is 8.00. The molecule has 2 aromatic heterocycles. The van der Waals surface area contributed by atoms with Gasteiger partial charge in [-0.1, -0.05) is 84.2 Å². The first-order valence-electron chi connectivity index (χ1n) is 12.4. The Balaban J connectivity index is 0.000000334. The Morgan fingerprint density at radius 3 is 1.58 bits per heavy atom. The minimum Gasteiger partial charge on any atom is -0.478 e. The number of aromatic amines is 2. The number of benzene rings is 2. The molecule has 0 bridgehead atoms. The molecule has 0 fully saturated rings. The van der Waals surface area contributed by atoms with Gasteiger partial charge in [-0.15, -0.1) is 0 Å². The van der Waals surface area contributed by atoms with Crippen molar-refractivity contribution in [1.82, 2.24) is 19.9 Å². The van der Waals surface area contributed by atoms with Crippen LogP contribution in [0.3, 0.4) is 0 Å². The molecule has 224 valence electrons. The van der Waals surface area contributed by atoms with Gasteiger partial charge in [0, 0.05) is 59.3 Å². The summed E-state index contributed by atoms with van der Waals surface area (Å²) < 4.78 is 0. The average Bonchev–Trinajstić information content (AvgIpc) is 3.67. The summed E-state index contributed by atoms with van der Waals surface area (Å²) in [6, 6.07) is 20.7. The van der Waals surface area contributed by atoms with Crippen molar-refractivity contribution in [2.24, 2.45) is 0 Å². The quantitative estimate of drug-likeness (QED) is 0.0686. The Kier molecular flexibility index (Phi) is 15.2. The lowest BCUT2D eigenvalue weighted by Gasteiger charge is -2.02. The molecular formula is C29H28N4O8S2. The summed E-state index contributed by atoms with van der Waals surface area (Å²) in [5.41, 5.74) is 4.38. The minimum absolute atomic E-state index is 0.558. The van der Waals surface area contributed by atoms with Gasteiger partial charge in [0.15, 0.2) is 10.3 Å². The number of carboxylic acids is 4. The molecular weight excluding hydrogens is 596 g/mol. The number of aliphatic carboxylic acids is 4. The maximum Gasteiger partial charge on any atom is 0.328 e. The Morgan fingerprint density at radius 2 is 1.14 bits per heavy atom. The van der Waals surface area contributed by atoms with E-state index in [1.807, 2.05) is 18.3 Å². The molecule has 2 aromatic carbocycles. The summed E-state index contributed by atoms with van der Waals surface area (Å²) >= 11 is 3.53. The average molecular weight is 625 g/mol. The molecule has 4 rings (SSSR count). The fourth-order valence-electron chi connectivity index (χ4n) is 3.05. The maximum absolute atomic E-state index is 9.55. The third kappa shape index (κ3) is 14.4. The highest BCUT2D eigenvalue weighted by Crippen LogP contribution is 2.32. The van der Waals surface area contributed by atoms with Gasteiger partial charge in [0.2, 0.25) is 0 Å². The van der Waals surface area contributed by atoms with E-state index < -0.39 is 23.9 Å². The van der Waals surface area contributed by atoms with Crippen LogP contribution in [0.15, 0.2) is 108 Å². The van der Waals surface area contributed by atoms with E-state index in [4.69, 9.17) is 25.4 Å². The standard InChI is InChI=1S/C21H20N4S2.2C4H4O4/c1-3-8-16(9-4-1)18-19(17-10-5-2-6-11-17)25-21(24-18)27-15-7-14-26-20-22-12-13-23-20;2*5-3(6)1-2-4(7)8/h1-6,8-13H,7,14-15H2,(H,22,23)(H,24,25);2*1-2H,(H,5,6)(H,7,8)/b;2*2-1-. The van der Waals surface area contributed by atoms with Crippen molar-refractivity contribution in [3.8, 4) is 22.5 Å². The Labute approximate surface area is 254 Å². The van der Waals surface area contributed by atoms with Crippen molar-refractivity contribution in [3.63, 3.8) is 0 Å². The van der Waals surface area contributed by atoms with Crippen LogP contribution in [0.1, 0.15) is 6.42 Å². The van der Waals surface area contributed by atoms with Crippen LogP contribution in [-0.4, -0.2) is 75.7 Å². The molecule has 43 heavy (non-hydrogen) atoms. The number of hydrogen-bond acceptors (Lipinski definition) is 8. The lowest BCUT2D eigenvalue weighted by Crippen LogP contribution is -1.91. The molecule has 0 aliphatic heterocycles. The molecule has 12 nitrogen and oxygen atoms in total. The van der Waals surface area contributed by atoms with E-state index >= 15 is 0 Å². The summed E-state index contributed by atoms with van der Waals surface area (Å²) in [6.07, 6.45) is 6.97. The largest absolute Gasteiger partial charge is 0.478 e. The topological polar surface area (TPSA) is 207 Å². The van der Waals surface area contributed by atoms with Crippen LogP contribution >= 0.6 is 23.5 Å². The number of nitrogens with zero attached hydrogens (tertiary/aromatic N) is 2. The van der Waals surface area contributed by atoms with Gasteiger partial charge in [0.05, 0.1) is 11.4 Å². The molecule has 14 heteroatoms. The first-order valence-corrected chi connectivity index (χ1v) is 14.4. The highest BCUT2D eigenvalue weighted by atomic mass is 32.2. The van der Waals surface area contributed by atoms with Crippen molar-refractivity contribution in [2.45, 2.75) is 16.7 Å². The lowest BCUT2D eigenvalue weighted by molar-refractivity contribution is -0.134. The lowest BCUT2D eigenvalue weighted by atomic mass is 10.1. The van der Waals surface area contributed by atoms with Gasteiger partial charge in [-0.05, 0) is 6.42 Å². The molecule has 0 aliphatic rings. The SMILES string of the molecule is O=C(O)/C=C\C(=O)O.O=C(O)/C=C\C(=O)O.c1ccc(-c2nc(SCCCSc3ncc[nH]3)[nH]c2-c2ccccc2)cc1. The van der Waals surface area contributed by atoms with Gasteiger partial charge in [0.1, 0.15) is 0 Å². The number of rotatable bonds is 12. The molecule has 0 unspecified atom stereocenters. The van der Waals surface area contributed by atoms with E-state index in [1.165, 1.54) is 0 Å². The fourth-order valence-corrected chi connectivity index (χ4v) is 4.81. The third-order valence-corrected chi connectivity index (χ3v) is 6.72. The third-order valence-electron chi connectivity index (χ3n) is 4.77. The second-order valence-electron chi connectivity index (χ2n) is 7.96. The van der Waals surface area contributed by atoms with Crippen molar-refractivity contribution < 1.29 is 39.6 Å². The van der Waals surface area contributed by atoms with Crippen LogP contribution in [0.25, 0.3) is 22.5 Å². The summed E-state index contributed by atoms with van der Waals surface area (Å²) in [7, 11) is 0. The van der Waals surface area contributed by atoms with Gasteiger partial charge in [-0.25, -0.2) is 29.1 Å². The number of aromatic nitrogens is 4. The number of carboxylic acid groups (broad SMARTS) is 4. The van der Waals surface area contributed by atoms with E-state index in [2.05, 4.69) is 63.5 Å². The molecule has 0 saturated heterocycles. The molecule has 0 saturated carbocycles. The highest BCUT2D eigenvalue weighted by Gasteiger charge is 2.14. The monoisotopic (exact) mass is 624 g/mol. The number of hydrogen-bond donors (Lipinski definition) is 6. The summed E-state index contributed by atoms with van der Waals surface area (Å²) in [4.78, 5) is 54.0. The van der Waals surface area contributed by atoms with Crippen LogP contribution in [0, 0.1) is 0 Å². The second kappa shape index (κ2) is 19.1. The Bertz CT molecular complexity index is 1380. The Morgan fingerprint density at radius 1 is 0.674 bits per heavy atom. The van der Waals surface area contributed by atoms with Crippen LogP contribution in [0.5, 0.6) is 0 Å². The number of H-pyrrole nitrogens is 2. The number of thioether (sulfide) groups is 2. The van der Waals surface area contributed by atoms with Gasteiger partial charge in [-0.2, -0.15) is 0 Å². The molecule has 0 aliphatic carbocycles. The zero-order chi connectivity index (χ0) is 31.5. The first-order chi connectivity index (χ1) is 20.7. The summed E-state index contributed by atoms with van der Waals surface area (Å²) in [5, 5.41) is 33.2. The molecule has 0 amide bonds. The Hall–Kier alpha value is -5.08. The summed E-state index contributed by atoms with van der Waals surface area (Å²) in [5.74, 6) is -2.97. The predicted molar refractivity (Wildman–Crippen MR) is 163 cm³/mol. The van der Waals surface area contributed by atoms with Crippen LogP contribution in [0.4, 0.5) is 0 Å². The molecule has 6 N–H and O–H groups in total. The fraction of sp³-hybridized carbons (Fsp3) is 0.103. The van der Waals surface area contributed by atoms with Crippen molar-refractivity contribution in [1.29, 1.82) is 0 Å². The normalized spacial score (nSPS) is 10.4. The van der Waals surface area contributed by atoms with Crippen molar-refractivity contribution in [2.75, 3.05) is 11.5 Å². The van der Waals surface area contributed by atoms with Crippen molar-refractivity contribution in [3.05, 3.63) is 97.4 Å². The van der Waals surface area contributed by atoms with Gasteiger partial charge >= 0.3 is 23.9 Å². The van der Waals surface area contributed by atoms with Crippen LogP contribution in [0.2, 0.25) is 0 Å². The number of nitrogens with one attached hydrogen (secondary N) is 2. The van der Waals surface area contributed by atoms with Gasteiger partial charge in [0.25, 0.3) is 0 Å². The van der Waals surface area contributed by atoms with Gasteiger partial charge < -0.3 is 30.4 Å². The molecule has 0 atom stereocenters. The van der Waals surface area contributed by atoms with Crippen molar-refractivity contribution >= 4 is 47.4 Å². The first kappa shape index (κ1) is 34.1. The summed E-state index contributed by atoms with van der Waals surface area (Å²) in [6.45, 7) is 0. The second-order valence-corrected chi connectivity index (χ2v) is 10.1. The van der Waals surface area contributed by atoms with E-state index in [-0.39, 0.29) is 0 Å². The van der Waals surface area contributed by atoms with Crippen LogP contribution in [-0.2, 0) is 19.2 Å². The minimum atomic E-state index is -1.26. The van der Waals surface area contributed by atoms with E-state index in [9.17, 15) is 19.2 Å². The molecule has 0 spiro atoms. The zero-order valence-electron chi connectivity index (χ0n) is 22.5.